The van der Waals surface area contributed by atoms with E-state index in [4.69, 9.17) is 0 Å². The van der Waals surface area contributed by atoms with Gasteiger partial charge in [0.05, 0.1) is 4.92 Å². The number of nitro benzene ring substituents is 1. The molecule has 1 unspecified atom stereocenters. The van der Waals surface area contributed by atoms with Crippen molar-refractivity contribution >= 4 is 17.4 Å². The molecule has 1 heterocycles. The maximum absolute atomic E-state index is 10.6. The third-order valence-corrected chi connectivity index (χ3v) is 5.12. The Hall–Kier alpha value is -1.07. The fourth-order valence-corrected chi connectivity index (χ4v) is 3.58. The van der Waals surface area contributed by atoms with Crippen LogP contribution in [0, 0.1) is 16.0 Å². The fourth-order valence-electron chi connectivity index (χ4n) is 2.39. The molecule has 1 atom stereocenters. The first-order chi connectivity index (χ1) is 9.16. The summed E-state index contributed by atoms with van der Waals surface area (Å²) in [4.78, 5) is 10.2. The number of non-ortho nitro benzene ring substituents is 1. The number of hydrogen-bond donors (Lipinski definition) is 1. The standard InChI is InChI=1S/C14H20N2O2S/c1-11(13-6-8-15-9-7-13)19-10-12-2-4-14(5-3-12)16(17)18/h2-5,11,13,15H,6-10H2,1H3. The van der Waals surface area contributed by atoms with E-state index in [0.717, 1.165) is 30.3 Å². The molecule has 4 nitrogen and oxygen atoms in total. The molecule has 2 rings (SSSR count). The maximum atomic E-state index is 10.6. The Morgan fingerprint density at radius 2 is 2.00 bits per heavy atom. The van der Waals surface area contributed by atoms with Gasteiger partial charge < -0.3 is 5.32 Å². The van der Waals surface area contributed by atoms with E-state index < -0.39 is 0 Å². The molecule has 1 saturated heterocycles. The largest absolute Gasteiger partial charge is 0.317 e. The van der Waals surface area contributed by atoms with Crippen LogP contribution < -0.4 is 5.32 Å². The molecule has 1 fully saturated rings. The van der Waals surface area contributed by atoms with Gasteiger partial charge in [0.15, 0.2) is 0 Å². The van der Waals surface area contributed by atoms with E-state index in [0.29, 0.717) is 5.25 Å². The Bertz CT molecular complexity index is 416. The van der Waals surface area contributed by atoms with Gasteiger partial charge in [-0.1, -0.05) is 19.1 Å². The molecule has 0 amide bonds. The van der Waals surface area contributed by atoms with E-state index in [1.54, 1.807) is 12.1 Å². The van der Waals surface area contributed by atoms with Crippen molar-refractivity contribution in [3.8, 4) is 0 Å². The van der Waals surface area contributed by atoms with E-state index in [1.807, 2.05) is 23.9 Å². The summed E-state index contributed by atoms with van der Waals surface area (Å²) >= 11 is 1.95. The van der Waals surface area contributed by atoms with Gasteiger partial charge in [0.25, 0.3) is 5.69 Å². The molecule has 0 aromatic heterocycles. The molecule has 1 aromatic rings. The normalized spacial score (nSPS) is 18.2. The number of piperidine rings is 1. The second-order valence-electron chi connectivity index (χ2n) is 5.03. The van der Waals surface area contributed by atoms with Crippen molar-refractivity contribution in [2.45, 2.75) is 30.8 Å². The molecule has 1 aliphatic rings. The van der Waals surface area contributed by atoms with E-state index >= 15 is 0 Å². The van der Waals surface area contributed by atoms with Crippen molar-refractivity contribution in [2.75, 3.05) is 13.1 Å². The SMILES string of the molecule is CC(SCc1ccc([N+](=O)[O-])cc1)C1CCNCC1. The molecular weight excluding hydrogens is 260 g/mol. The van der Waals surface area contributed by atoms with Crippen LogP contribution in [-0.2, 0) is 5.75 Å². The summed E-state index contributed by atoms with van der Waals surface area (Å²) in [6, 6.07) is 6.90. The van der Waals surface area contributed by atoms with Gasteiger partial charge in [0.2, 0.25) is 0 Å². The topological polar surface area (TPSA) is 55.2 Å². The molecule has 1 aliphatic heterocycles. The van der Waals surface area contributed by atoms with Crippen molar-refractivity contribution in [1.82, 2.24) is 5.32 Å². The lowest BCUT2D eigenvalue weighted by Gasteiger charge is -2.27. The summed E-state index contributed by atoms with van der Waals surface area (Å²) in [6.45, 7) is 4.56. The van der Waals surface area contributed by atoms with Crippen molar-refractivity contribution in [1.29, 1.82) is 0 Å². The second kappa shape index (κ2) is 6.91. The predicted octanol–water partition coefficient (Wildman–Crippen LogP) is 3.22. The van der Waals surface area contributed by atoms with Gasteiger partial charge >= 0.3 is 0 Å². The maximum Gasteiger partial charge on any atom is 0.269 e. The van der Waals surface area contributed by atoms with Crippen LogP contribution in [0.15, 0.2) is 24.3 Å². The monoisotopic (exact) mass is 280 g/mol. The van der Waals surface area contributed by atoms with E-state index in [2.05, 4.69) is 12.2 Å². The molecule has 5 heteroatoms. The molecule has 104 valence electrons. The first kappa shape index (κ1) is 14.3. The van der Waals surface area contributed by atoms with E-state index in [-0.39, 0.29) is 10.6 Å². The first-order valence-electron chi connectivity index (χ1n) is 6.72. The molecule has 0 saturated carbocycles. The zero-order chi connectivity index (χ0) is 13.7. The average molecular weight is 280 g/mol. The Morgan fingerprint density at radius 1 is 1.37 bits per heavy atom. The molecule has 1 N–H and O–H groups in total. The third-order valence-electron chi connectivity index (χ3n) is 3.71. The first-order valence-corrected chi connectivity index (χ1v) is 7.77. The quantitative estimate of drug-likeness (QED) is 0.664. The molecule has 0 aliphatic carbocycles. The van der Waals surface area contributed by atoms with Crippen LogP contribution in [0.25, 0.3) is 0 Å². The third kappa shape index (κ3) is 4.21. The van der Waals surface area contributed by atoms with Gasteiger partial charge in [0.1, 0.15) is 0 Å². The highest BCUT2D eigenvalue weighted by Crippen LogP contribution is 2.29. The number of nitrogens with zero attached hydrogens (tertiary/aromatic N) is 1. The fraction of sp³-hybridized carbons (Fsp3) is 0.571. The summed E-state index contributed by atoms with van der Waals surface area (Å²) < 4.78 is 0. The zero-order valence-corrected chi connectivity index (χ0v) is 12.0. The van der Waals surface area contributed by atoms with Crippen LogP contribution in [0.3, 0.4) is 0 Å². The van der Waals surface area contributed by atoms with Gasteiger partial charge in [-0.25, -0.2) is 0 Å². The van der Waals surface area contributed by atoms with E-state index in [1.165, 1.54) is 12.8 Å². The Labute approximate surface area is 118 Å². The highest BCUT2D eigenvalue weighted by molar-refractivity contribution is 7.99. The van der Waals surface area contributed by atoms with Crippen molar-refractivity contribution in [2.24, 2.45) is 5.92 Å². The Kier molecular flexibility index (Phi) is 5.22. The minimum atomic E-state index is -0.353. The second-order valence-corrected chi connectivity index (χ2v) is 6.39. The number of nitro groups is 1. The number of thioether (sulfide) groups is 1. The van der Waals surface area contributed by atoms with Crippen LogP contribution >= 0.6 is 11.8 Å². The van der Waals surface area contributed by atoms with E-state index in [9.17, 15) is 10.1 Å². The van der Waals surface area contributed by atoms with Crippen LogP contribution in [0.1, 0.15) is 25.3 Å². The lowest BCUT2D eigenvalue weighted by atomic mass is 9.95. The lowest BCUT2D eigenvalue weighted by Crippen LogP contribution is -2.31. The van der Waals surface area contributed by atoms with Crippen molar-refractivity contribution in [3.63, 3.8) is 0 Å². The van der Waals surface area contributed by atoms with Crippen molar-refractivity contribution < 1.29 is 4.92 Å². The predicted molar refractivity (Wildman–Crippen MR) is 79.4 cm³/mol. The zero-order valence-electron chi connectivity index (χ0n) is 11.2. The van der Waals surface area contributed by atoms with Gasteiger partial charge in [-0.2, -0.15) is 11.8 Å². The lowest BCUT2D eigenvalue weighted by molar-refractivity contribution is -0.384. The number of hydrogen-bond acceptors (Lipinski definition) is 4. The summed E-state index contributed by atoms with van der Waals surface area (Å²) in [5.41, 5.74) is 1.33. The van der Waals surface area contributed by atoms with Gasteiger partial charge in [-0.15, -0.1) is 0 Å². The molecule has 0 spiro atoms. The van der Waals surface area contributed by atoms with Crippen LogP contribution in [0.2, 0.25) is 0 Å². The van der Waals surface area contributed by atoms with Gasteiger partial charge in [-0.3, -0.25) is 10.1 Å². The summed E-state index contributed by atoms with van der Waals surface area (Å²) in [6.07, 6.45) is 2.52. The average Bonchev–Trinajstić information content (AvgIpc) is 2.46. The van der Waals surface area contributed by atoms with Crippen LogP contribution in [-0.4, -0.2) is 23.3 Å². The number of nitrogens with one attached hydrogen (secondary N) is 1. The van der Waals surface area contributed by atoms with Gasteiger partial charge in [-0.05, 0) is 37.4 Å². The molecule has 1 aromatic carbocycles. The van der Waals surface area contributed by atoms with Crippen LogP contribution in [0.4, 0.5) is 5.69 Å². The Morgan fingerprint density at radius 3 is 2.58 bits per heavy atom. The highest BCUT2D eigenvalue weighted by atomic mass is 32.2. The smallest absolute Gasteiger partial charge is 0.269 e. The summed E-state index contributed by atoms with van der Waals surface area (Å²) in [5, 5.41) is 14.6. The van der Waals surface area contributed by atoms with Crippen LogP contribution in [0.5, 0.6) is 0 Å². The summed E-state index contributed by atoms with van der Waals surface area (Å²) in [5.74, 6) is 1.73. The molecule has 19 heavy (non-hydrogen) atoms. The number of benzene rings is 1. The minimum absolute atomic E-state index is 0.167. The van der Waals surface area contributed by atoms with Crippen molar-refractivity contribution in [3.05, 3.63) is 39.9 Å². The summed E-state index contributed by atoms with van der Waals surface area (Å²) in [7, 11) is 0. The van der Waals surface area contributed by atoms with Gasteiger partial charge in [0, 0.05) is 23.1 Å². The number of rotatable bonds is 5. The highest BCUT2D eigenvalue weighted by Gasteiger charge is 2.20. The molecular formula is C14H20N2O2S. The molecule has 0 bridgehead atoms. The minimum Gasteiger partial charge on any atom is -0.317 e. The Balaban J connectivity index is 1.82. The molecule has 0 radical (unpaired) electrons.